The maximum atomic E-state index is 12.6. The van der Waals surface area contributed by atoms with Gasteiger partial charge in [0.2, 0.25) is 15.9 Å². The quantitative estimate of drug-likeness (QED) is 0.689. The van der Waals surface area contributed by atoms with Crippen LogP contribution in [0.4, 0.5) is 0 Å². The average Bonchev–Trinajstić information content (AvgIpc) is 2.67. The summed E-state index contributed by atoms with van der Waals surface area (Å²) in [6.07, 6.45) is 1.86. The van der Waals surface area contributed by atoms with E-state index in [0.29, 0.717) is 12.8 Å². The molecule has 0 aliphatic heterocycles. The molecule has 0 fully saturated rings. The summed E-state index contributed by atoms with van der Waals surface area (Å²) < 4.78 is 27.8. The van der Waals surface area contributed by atoms with E-state index in [1.807, 2.05) is 51.1 Å². The lowest BCUT2D eigenvalue weighted by molar-refractivity contribution is -0.121. The molecule has 0 radical (unpaired) electrons. The number of aryl methyl sites for hydroxylation is 1. The first kappa shape index (κ1) is 21.1. The van der Waals surface area contributed by atoms with Crippen molar-refractivity contribution in [2.75, 3.05) is 0 Å². The van der Waals surface area contributed by atoms with Crippen LogP contribution in [0.2, 0.25) is 0 Å². The maximum Gasteiger partial charge on any atom is 0.241 e. The van der Waals surface area contributed by atoms with Gasteiger partial charge < -0.3 is 5.32 Å². The second-order valence-electron chi connectivity index (χ2n) is 6.77. The summed E-state index contributed by atoms with van der Waals surface area (Å²) in [5.41, 5.74) is 1.84. The Labute approximate surface area is 162 Å². The van der Waals surface area contributed by atoms with Gasteiger partial charge in [-0.3, -0.25) is 4.79 Å². The highest BCUT2D eigenvalue weighted by Crippen LogP contribution is 2.17. The van der Waals surface area contributed by atoms with Crippen LogP contribution in [0.3, 0.4) is 0 Å². The second-order valence-corrected chi connectivity index (χ2v) is 8.49. The van der Waals surface area contributed by atoms with Gasteiger partial charge in [-0.25, -0.2) is 13.1 Å². The Kier molecular flexibility index (Phi) is 7.56. The van der Waals surface area contributed by atoms with E-state index in [1.165, 1.54) is 0 Å². The fourth-order valence-electron chi connectivity index (χ4n) is 2.65. The van der Waals surface area contributed by atoms with E-state index in [2.05, 4.69) is 10.0 Å². The van der Waals surface area contributed by atoms with Crippen LogP contribution in [-0.2, 0) is 21.2 Å². The largest absolute Gasteiger partial charge is 0.354 e. The Morgan fingerprint density at radius 1 is 1.00 bits per heavy atom. The van der Waals surface area contributed by atoms with Crippen molar-refractivity contribution >= 4 is 15.9 Å². The van der Waals surface area contributed by atoms with Gasteiger partial charge in [0.25, 0.3) is 0 Å². The molecule has 146 valence electrons. The van der Waals surface area contributed by atoms with E-state index in [1.54, 1.807) is 24.3 Å². The number of nitrogens with one attached hydrogen (secondary N) is 2. The van der Waals surface area contributed by atoms with Crippen molar-refractivity contribution < 1.29 is 13.2 Å². The third-order valence-corrected chi connectivity index (χ3v) is 6.08. The number of benzene rings is 2. The Bertz CT molecular complexity index is 833. The van der Waals surface area contributed by atoms with Gasteiger partial charge in [0.05, 0.1) is 4.90 Å². The summed E-state index contributed by atoms with van der Waals surface area (Å²) in [6.45, 7) is 5.81. The molecule has 0 spiro atoms. The van der Waals surface area contributed by atoms with Crippen molar-refractivity contribution in [3.8, 4) is 0 Å². The van der Waals surface area contributed by atoms with Crippen LogP contribution in [0.15, 0.2) is 59.5 Å². The molecule has 0 aromatic heterocycles. The fraction of sp³-hybridized carbons (Fsp3) is 0.381. The number of carbonyl (C=O) groups excluding carboxylic acids is 1. The third kappa shape index (κ3) is 6.48. The van der Waals surface area contributed by atoms with Gasteiger partial charge in [0.15, 0.2) is 0 Å². The zero-order valence-electron chi connectivity index (χ0n) is 16.1. The molecule has 0 aliphatic carbocycles. The monoisotopic (exact) mass is 388 g/mol. The van der Waals surface area contributed by atoms with Crippen molar-refractivity contribution in [1.29, 1.82) is 0 Å². The molecule has 0 saturated carbocycles. The second kappa shape index (κ2) is 9.67. The minimum Gasteiger partial charge on any atom is -0.354 e. The predicted molar refractivity (Wildman–Crippen MR) is 108 cm³/mol. The first-order valence-electron chi connectivity index (χ1n) is 9.27. The van der Waals surface area contributed by atoms with Crippen molar-refractivity contribution in [3.05, 3.63) is 65.7 Å². The zero-order valence-corrected chi connectivity index (χ0v) is 16.9. The van der Waals surface area contributed by atoms with Gasteiger partial charge >= 0.3 is 0 Å². The molecule has 2 atom stereocenters. The SMILES string of the molecule is CC[C@@H](C)NC(=O)CCc1ccc(S(=O)(=O)N[C@@H](C)c2ccccc2)cc1. The first-order valence-corrected chi connectivity index (χ1v) is 10.8. The Balaban J connectivity index is 1.96. The highest BCUT2D eigenvalue weighted by molar-refractivity contribution is 7.89. The van der Waals surface area contributed by atoms with Crippen LogP contribution in [0.1, 0.15) is 50.8 Å². The lowest BCUT2D eigenvalue weighted by atomic mass is 10.1. The molecule has 0 aliphatic rings. The number of rotatable bonds is 9. The number of carbonyl (C=O) groups is 1. The van der Waals surface area contributed by atoms with E-state index in [0.717, 1.165) is 17.5 Å². The van der Waals surface area contributed by atoms with E-state index < -0.39 is 10.0 Å². The van der Waals surface area contributed by atoms with Crippen molar-refractivity contribution in [3.63, 3.8) is 0 Å². The van der Waals surface area contributed by atoms with Crippen LogP contribution in [-0.4, -0.2) is 20.4 Å². The molecule has 6 heteroatoms. The molecule has 0 heterocycles. The van der Waals surface area contributed by atoms with Gasteiger partial charge in [-0.15, -0.1) is 0 Å². The molecule has 0 saturated heterocycles. The molecule has 2 N–H and O–H groups in total. The van der Waals surface area contributed by atoms with Crippen LogP contribution in [0, 0.1) is 0 Å². The Morgan fingerprint density at radius 2 is 1.63 bits per heavy atom. The van der Waals surface area contributed by atoms with Gasteiger partial charge in [-0.2, -0.15) is 0 Å². The molecular weight excluding hydrogens is 360 g/mol. The predicted octanol–water partition coefficient (Wildman–Crippen LogP) is 3.57. The fourth-order valence-corrected chi connectivity index (χ4v) is 3.88. The molecule has 2 rings (SSSR count). The maximum absolute atomic E-state index is 12.6. The standard InChI is InChI=1S/C21H28N2O3S/c1-4-16(2)22-21(24)15-12-18-10-13-20(14-11-18)27(25,26)23-17(3)19-8-6-5-7-9-19/h5-11,13-14,16-17,23H,4,12,15H2,1-3H3,(H,22,24)/t16-,17+/m1/s1. The molecule has 0 unspecified atom stereocenters. The van der Waals surface area contributed by atoms with Crippen molar-refractivity contribution in [1.82, 2.24) is 10.0 Å². The van der Waals surface area contributed by atoms with Crippen molar-refractivity contribution in [2.24, 2.45) is 0 Å². The minimum atomic E-state index is -3.60. The number of amides is 1. The first-order chi connectivity index (χ1) is 12.8. The number of hydrogen-bond acceptors (Lipinski definition) is 3. The van der Waals surface area contributed by atoms with Crippen LogP contribution < -0.4 is 10.0 Å². The lowest BCUT2D eigenvalue weighted by Crippen LogP contribution is -2.32. The zero-order chi connectivity index (χ0) is 19.9. The van der Waals surface area contributed by atoms with E-state index in [4.69, 9.17) is 0 Å². The topological polar surface area (TPSA) is 75.3 Å². The Hall–Kier alpha value is -2.18. The summed E-state index contributed by atoms with van der Waals surface area (Å²) in [7, 11) is -3.60. The summed E-state index contributed by atoms with van der Waals surface area (Å²) in [6, 6.07) is 16.0. The normalized spacial score (nSPS) is 13.7. The highest BCUT2D eigenvalue weighted by atomic mass is 32.2. The number of sulfonamides is 1. The summed E-state index contributed by atoms with van der Waals surface area (Å²) >= 11 is 0. The number of hydrogen-bond donors (Lipinski definition) is 2. The minimum absolute atomic E-state index is 0.0133. The molecule has 2 aromatic rings. The summed E-state index contributed by atoms with van der Waals surface area (Å²) in [5, 5.41) is 2.93. The highest BCUT2D eigenvalue weighted by Gasteiger charge is 2.18. The molecule has 5 nitrogen and oxygen atoms in total. The van der Waals surface area contributed by atoms with E-state index in [9.17, 15) is 13.2 Å². The summed E-state index contributed by atoms with van der Waals surface area (Å²) in [5.74, 6) is 0.0133. The molecule has 1 amide bonds. The van der Waals surface area contributed by atoms with Crippen LogP contribution in [0.5, 0.6) is 0 Å². The van der Waals surface area contributed by atoms with Gasteiger partial charge in [-0.1, -0.05) is 49.4 Å². The lowest BCUT2D eigenvalue weighted by Gasteiger charge is -2.15. The Morgan fingerprint density at radius 3 is 2.22 bits per heavy atom. The molecular formula is C21H28N2O3S. The van der Waals surface area contributed by atoms with Crippen molar-refractivity contribution in [2.45, 2.75) is 57.0 Å². The van der Waals surface area contributed by atoms with Crippen LogP contribution in [0.25, 0.3) is 0 Å². The van der Waals surface area contributed by atoms with Gasteiger partial charge in [-0.05, 0) is 49.9 Å². The van der Waals surface area contributed by atoms with Gasteiger partial charge in [0, 0.05) is 18.5 Å². The average molecular weight is 389 g/mol. The van der Waals surface area contributed by atoms with Gasteiger partial charge in [0.1, 0.15) is 0 Å². The molecule has 0 bridgehead atoms. The van der Waals surface area contributed by atoms with Crippen LogP contribution >= 0.6 is 0 Å². The smallest absolute Gasteiger partial charge is 0.241 e. The molecule has 27 heavy (non-hydrogen) atoms. The van der Waals surface area contributed by atoms with E-state index >= 15 is 0 Å². The molecule has 2 aromatic carbocycles. The third-order valence-electron chi connectivity index (χ3n) is 4.53. The van der Waals surface area contributed by atoms with E-state index in [-0.39, 0.29) is 22.9 Å². The summed E-state index contributed by atoms with van der Waals surface area (Å²) in [4.78, 5) is 12.1.